The lowest BCUT2D eigenvalue weighted by Crippen LogP contribution is -2.40. The molecule has 1 atom stereocenters. The van der Waals surface area contributed by atoms with Crippen LogP contribution in [0.2, 0.25) is 5.02 Å². The van der Waals surface area contributed by atoms with Crippen LogP contribution in [0, 0.1) is 12.3 Å². The molecule has 1 amide bonds. The molecule has 94 valence electrons. The fraction of sp³-hybridized carbons (Fsp3) is 0.167. The largest absolute Gasteiger partial charge is 0.480 e. The first-order chi connectivity index (χ1) is 8.43. The lowest BCUT2D eigenvalue weighted by Gasteiger charge is -2.12. The summed E-state index contributed by atoms with van der Waals surface area (Å²) in [6.07, 6.45) is 4.96. The molecule has 0 aromatic heterocycles. The molecule has 2 N–H and O–H groups in total. The Morgan fingerprint density at radius 3 is 2.67 bits per heavy atom. The zero-order valence-electron chi connectivity index (χ0n) is 9.11. The predicted molar refractivity (Wildman–Crippen MR) is 71.5 cm³/mol. The van der Waals surface area contributed by atoms with Crippen LogP contribution >= 0.6 is 27.5 Å². The number of aliphatic carboxylic acids is 1. The topological polar surface area (TPSA) is 66.4 Å². The van der Waals surface area contributed by atoms with Gasteiger partial charge < -0.3 is 10.4 Å². The van der Waals surface area contributed by atoms with Crippen LogP contribution in [0.5, 0.6) is 0 Å². The van der Waals surface area contributed by atoms with Gasteiger partial charge in [-0.1, -0.05) is 27.5 Å². The second kappa shape index (κ2) is 6.43. The van der Waals surface area contributed by atoms with Crippen molar-refractivity contribution in [1.29, 1.82) is 0 Å². The van der Waals surface area contributed by atoms with Crippen LogP contribution in [0.25, 0.3) is 0 Å². The van der Waals surface area contributed by atoms with Crippen molar-refractivity contribution >= 4 is 39.4 Å². The van der Waals surface area contributed by atoms with Crippen molar-refractivity contribution in [3.63, 3.8) is 0 Å². The molecule has 0 heterocycles. The summed E-state index contributed by atoms with van der Waals surface area (Å²) in [5.74, 6) is 0.479. The Morgan fingerprint density at radius 1 is 1.50 bits per heavy atom. The highest BCUT2D eigenvalue weighted by atomic mass is 79.9. The van der Waals surface area contributed by atoms with E-state index in [2.05, 4.69) is 27.2 Å². The molecule has 0 saturated carbocycles. The van der Waals surface area contributed by atoms with Gasteiger partial charge in [-0.25, -0.2) is 4.79 Å². The first kappa shape index (κ1) is 14.6. The molecule has 1 aromatic rings. The molecular weight excluding hydrogens is 321 g/mol. The van der Waals surface area contributed by atoms with E-state index in [9.17, 15) is 9.59 Å². The summed E-state index contributed by atoms with van der Waals surface area (Å²) in [7, 11) is 0. The van der Waals surface area contributed by atoms with Crippen LogP contribution in [0.1, 0.15) is 16.8 Å². The van der Waals surface area contributed by atoms with Gasteiger partial charge in [-0.3, -0.25) is 4.79 Å². The molecule has 1 unspecified atom stereocenters. The zero-order valence-corrected chi connectivity index (χ0v) is 11.5. The van der Waals surface area contributed by atoms with Gasteiger partial charge in [-0.2, -0.15) is 0 Å². The minimum absolute atomic E-state index is 0.0805. The minimum atomic E-state index is -1.18. The predicted octanol–water partition coefficient (Wildman–Crippen LogP) is 2.31. The highest BCUT2D eigenvalue weighted by molar-refractivity contribution is 9.10. The Morgan fingerprint density at radius 2 is 2.17 bits per heavy atom. The first-order valence-electron chi connectivity index (χ1n) is 4.87. The Labute approximate surface area is 117 Å². The number of halogens is 2. The molecule has 6 heteroatoms. The molecular formula is C12H9BrClNO3. The molecule has 0 aliphatic carbocycles. The fourth-order valence-corrected chi connectivity index (χ4v) is 2.10. The number of amides is 1. The molecule has 1 aromatic carbocycles. The van der Waals surface area contributed by atoms with Crippen LogP contribution < -0.4 is 5.32 Å². The summed E-state index contributed by atoms with van der Waals surface area (Å²) in [6.45, 7) is 0. The van der Waals surface area contributed by atoms with Crippen molar-refractivity contribution in [2.45, 2.75) is 12.5 Å². The summed E-state index contributed by atoms with van der Waals surface area (Å²) in [4.78, 5) is 22.7. The van der Waals surface area contributed by atoms with E-state index in [4.69, 9.17) is 23.1 Å². The van der Waals surface area contributed by atoms with Crippen molar-refractivity contribution in [1.82, 2.24) is 5.32 Å². The fourth-order valence-electron chi connectivity index (χ4n) is 1.24. The van der Waals surface area contributed by atoms with Gasteiger partial charge in [0, 0.05) is 21.5 Å². The van der Waals surface area contributed by atoms with E-state index < -0.39 is 17.9 Å². The number of nitrogens with one attached hydrogen (secondary N) is 1. The second-order valence-corrected chi connectivity index (χ2v) is 4.78. The van der Waals surface area contributed by atoms with Gasteiger partial charge in [0.2, 0.25) is 0 Å². The van der Waals surface area contributed by atoms with Gasteiger partial charge in [0.25, 0.3) is 5.91 Å². The SMILES string of the molecule is C#CCC(NC(=O)c1cc(Cl)cc(Br)c1)C(=O)O. The highest BCUT2D eigenvalue weighted by Gasteiger charge is 2.19. The maximum atomic E-state index is 11.8. The molecule has 0 radical (unpaired) electrons. The number of carboxylic acids is 1. The Hall–Kier alpha value is -1.51. The summed E-state index contributed by atoms with van der Waals surface area (Å²) in [5.41, 5.74) is 0.262. The quantitative estimate of drug-likeness (QED) is 0.833. The number of benzene rings is 1. The van der Waals surface area contributed by atoms with E-state index in [0.29, 0.717) is 9.50 Å². The molecule has 1 rings (SSSR count). The van der Waals surface area contributed by atoms with Gasteiger partial charge >= 0.3 is 5.97 Å². The van der Waals surface area contributed by atoms with E-state index in [-0.39, 0.29) is 12.0 Å². The lowest BCUT2D eigenvalue weighted by molar-refractivity contribution is -0.139. The van der Waals surface area contributed by atoms with Crippen LogP contribution in [0.4, 0.5) is 0 Å². The van der Waals surface area contributed by atoms with E-state index in [0.717, 1.165) is 0 Å². The molecule has 0 fully saturated rings. The van der Waals surface area contributed by atoms with Gasteiger partial charge in [0.05, 0.1) is 0 Å². The van der Waals surface area contributed by atoms with Gasteiger partial charge in [-0.15, -0.1) is 12.3 Å². The number of carbonyl (C=O) groups is 2. The average molecular weight is 331 g/mol. The van der Waals surface area contributed by atoms with Crippen LogP contribution in [0.15, 0.2) is 22.7 Å². The molecule has 0 spiro atoms. The second-order valence-electron chi connectivity index (χ2n) is 3.43. The van der Waals surface area contributed by atoms with Crippen LogP contribution in [-0.2, 0) is 4.79 Å². The standard InChI is InChI=1S/C12H9BrClNO3/c1-2-3-10(12(17)18)15-11(16)7-4-8(13)6-9(14)5-7/h1,4-6,10H,3H2,(H,15,16)(H,17,18). The van der Waals surface area contributed by atoms with Gasteiger partial charge in [0.1, 0.15) is 6.04 Å². The van der Waals surface area contributed by atoms with Crippen molar-refractivity contribution in [3.8, 4) is 12.3 Å². The third-order valence-corrected chi connectivity index (χ3v) is 2.73. The number of carboxylic acid groups (broad SMARTS) is 1. The van der Waals surface area contributed by atoms with Crippen molar-refractivity contribution < 1.29 is 14.7 Å². The van der Waals surface area contributed by atoms with E-state index >= 15 is 0 Å². The number of hydrogen-bond acceptors (Lipinski definition) is 2. The van der Waals surface area contributed by atoms with Crippen molar-refractivity contribution in [2.24, 2.45) is 0 Å². The molecule has 0 aliphatic heterocycles. The van der Waals surface area contributed by atoms with Crippen molar-refractivity contribution in [3.05, 3.63) is 33.3 Å². The Balaban J connectivity index is 2.87. The molecule has 0 bridgehead atoms. The third kappa shape index (κ3) is 4.06. The summed E-state index contributed by atoms with van der Waals surface area (Å²) < 4.78 is 0.629. The Kier molecular flexibility index (Phi) is 5.20. The van der Waals surface area contributed by atoms with Crippen molar-refractivity contribution in [2.75, 3.05) is 0 Å². The number of terminal acetylenes is 1. The Bertz CT molecular complexity index is 504. The van der Waals surface area contributed by atoms with Gasteiger partial charge in [0.15, 0.2) is 0 Å². The summed E-state index contributed by atoms with van der Waals surface area (Å²) >= 11 is 8.99. The molecule has 4 nitrogen and oxygen atoms in total. The minimum Gasteiger partial charge on any atom is -0.480 e. The maximum absolute atomic E-state index is 11.8. The monoisotopic (exact) mass is 329 g/mol. The number of rotatable bonds is 4. The summed E-state index contributed by atoms with van der Waals surface area (Å²) in [6, 6.07) is 3.49. The number of carbonyl (C=O) groups excluding carboxylic acids is 1. The first-order valence-corrected chi connectivity index (χ1v) is 6.04. The normalized spacial score (nSPS) is 11.4. The lowest BCUT2D eigenvalue weighted by atomic mass is 10.1. The molecule has 18 heavy (non-hydrogen) atoms. The summed E-state index contributed by atoms with van der Waals surface area (Å²) in [5, 5.41) is 11.6. The van der Waals surface area contributed by atoms with E-state index in [1.54, 1.807) is 6.07 Å². The smallest absolute Gasteiger partial charge is 0.327 e. The third-order valence-electron chi connectivity index (χ3n) is 2.05. The number of hydrogen-bond donors (Lipinski definition) is 2. The highest BCUT2D eigenvalue weighted by Crippen LogP contribution is 2.19. The maximum Gasteiger partial charge on any atom is 0.327 e. The molecule has 0 saturated heterocycles. The van der Waals surface area contributed by atoms with Gasteiger partial charge in [-0.05, 0) is 18.2 Å². The molecule has 0 aliphatic rings. The van der Waals surface area contributed by atoms with E-state index in [1.165, 1.54) is 12.1 Å². The van der Waals surface area contributed by atoms with Crippen LogP contribution in [-0.4, -0.2) is 23.0 Å². The average Bonchev–Trinajstić information content (AvgIpc) is 2.26. The van der Waals surface area contributed by atoms with Crippen LogP contribution in [0.3, 0.4) is 0 Å². The zero-order chi connectivity index (χ0) is 13.7. The van der Waals surface area contributed by atoms with E-state index in [1.807, 2.05) is 0 Å².